The van der Waals surface area contributed by atoms with Gasteiger partial charge in [-0.15, -0.1) is 0 Å². The fourth-order valence-corrected chi connectivity index (χ4v) is 2.02. The van der Waals surface area contributed by atoms with Crippen molar-refractivity contribution in [1.82, 2.24) is 5.32 Å². The van der Waals surface area contributed by atoms with Crippen molar-refractivity contribution in [3.05, 3.63) is 35.4 Å². The molecule has 1 saturated carbocycles. The third-order valence-electron chi connectivity index (χ3n) is 3.37. The summed E-state index contributed by atoms with van der Waals surface area (Å²) in [4.78, 5) is 23.1. The van der Waals surface area contributed by atoms with Crippen LogP contribution >= 0.6 is 0 Å². The molecule has 5 nitrogen and oxygen atoms in total. The van der Waals surface area contributed by atoms with Crippen molar-refractivity contribution in [2.75, 3.05) is 0 Å². The van der Waals surface area contributed by atoms with Crippen LogP contribution in [0.15, 0.2) is 24.3 Å². The molecule has 104 valence electrons. The van der Waals surface area contributed by atoms with Crippen molar-refractivity contribution in [3.8, 4) is 6.07 Å². The van der Waals surface area contributed by atoms with Crippen molar-refractivity contribution >= 4 is 11.9 Å². The van der Waals surface area contributed by atoms with Crippen molar-refractivity contribution < 1.29 is 14.7 Å². The highest BCUT2D eigenvalue weighted by atomic mass is 16.4. The number of nitriles is 1. The fraction of sp³-hybridized carbons (Fsp3) is 0.400. The second-order valence-corrected chi connectivity index (χ2v) is 5.08. The van der Waals surface area contributed by atoms with Crippen LogP contribution in [0.1, 0.15) is 35.2 Å². The van der Waals surface area contributed by atoms with Crippen LogP contribution in [0.25, 0.3) is 0 Å². The van der Waals surface area contributed by atoms with Crippen LogP contribution in [0, 0.1) is 17.2 Å². The maximum Gasteiger partial charge on any atom is 0.326 e. The zero-order valence-electron chi connectivity index (χ0n) is 11.0. The third kappa shape index (κ3) is 3.82. The van der Waals surface area contributed by atoms with Gasteiger partial charge in [0, 0.05) is 5.56 Å². The lowest BCUT2D eigenvalue weighted by Crippen LogP contribution is -2.41. The Bertz CT molecular complexity index is 541. The van der Waals surface area contributed by atoms with E-state index in [1.807, 2.05) is 6.07 Å². The Morgan fingerprint density at radius 1 is 1.35 bits per heavy atom. The van der Waals surface area contributed by atoms with E-state index in [0.717, 1.165) is 18.4 Å². The number of nitrogens with zero attached hydrogens (tertiary/aromatic N) is 1. The zero-order chi connectivity index (χ0) is 14.5. The average Bonchev–Trinajstić information content (AvgIpc) is 3.23. The van der Waals surface area contributed by atoms with Crippen LogP contribution in [0.3, 0.4) is 0 Å². The number of carboxylic acids is 1. The second kappa shape index (κ2) is 6.20. The molecule has 2 rings (SSSR count). The predicted octanol–water partition coefficient (Wildman–Crippen LogP) is 1.74. The summed E-state index contributed by atoms with van der Waals surface area (Å²) in [6.45, 7) is 0. The van der Waals surface area contributed by atoms with Crippen LogP contribution < -0.4 is 5.32 Å². The smallest absolute Gasteiger partial charge is 0.326 e. The molecule has 0 saturated heterocycles. The first-order valence-electron chi connectivity index (χ1n) is 6.59. The Kier molecular flexibility index (Phi) is 4.36. The van der Waals surface area contributed by atoms with E-state index in [-0.39, 0.29) is 5.91 Å². The Balaban J connectivity index is 1.98. The monoisotopic (exact) mass is 272 g/mol. The molecular weight excluding hydrogens is 256 g/mol. The molecule has 0 aliphatic heterocycles. The summed E-state index contributed by atoms with van der Waals surface area (Å²) in [6, 6.07) is 7.83. The molecule has 0 spiro atoms. The molecule has 1 atom stereocenters. The maximum atomic E-state index is 12.0. The summed E-state index contributed by atoms with van der Waals surface area (Å²) < 4.78 is 0. The number of aliphatic carboxylic acids is 1. The molecule has 0 bridgehead atoms. The minimum Gasteiger partial charge on any atom is -0.480 e. The molecular formula is C15H16N2O3. The van der Waals surface area contributed by atoms with Gasteiger partial charge >= 0.3 is 5.97 Å². The molecule has 1 fully saturated rings. The molecule has 1 aliphatic rings. The van der Waals surface area contributed by atoms with E-state index < -0.39 is 12.0 Å². The molecule has 1 aliphatic carbocycles. The second-order valence-electron chi connectivity index (χ2n) is 5.08. The minimum absolute atomic E-state index is 0.293. The summed E-state index contributed by atoms with van der Waals surface area (Å²) in [5.41, 5.74) is 1.24. The maximum absolute atomic E-state index is 12.0. The highest BCUT2D eigenvalue weighted by Gasteiger charge is 2.30. The number of amides is 1. The van der Waals surface area contributed by atoms with Gasteiger partial charge in [0.1, 0.15) is 6.04 Å². The number of carbonyl (C=O) groups is 2. The molecule has 5 heteroatoms. The molecule has 1 unspecified atom stereocenters. The van der Waals surface area contributed by atoms with Gasteiger partial charge in [0.2, 0.25) is 0 Å². The third-order valence-corrected chi connectivity index (χ3v) is 3.37. The normalized spacial score (nSPS) is 15.2. The Morgan fingerprint density at radius 2 is 2.00 bits per heavy atom. The summed E-state index contributed by atoms with van der Waals surface area (Å²) in [7, 11) is 0. The van der Waals surface area contributed by atoms with Crippen LogP contribution in [0.5, 0.6) is 0 Å². The van der Waals surface area contributed by atoms with Gasteiger partial charge in [-0.05, 0) is 30.0 Å². The first-order chi connectivity index (χ1) is 9.60. The van der Waals surface area contributed by atoms with Crippen LogP contribution in [-0.2, 0) is 11.2 Å². The highest BCUT2D eigenvalue weighted by molar-refractivity contribution is 5.96. The van der Waals surface area contributed by atoms with Gasteiger partial charge in [0.05, 0.1) is 12.5 Å². The lowest BCUT2D eigenvalue weighted by atomic mass is 10.1. The first kappa shape index (κ1) is 14.1. The predicted molar refractivity (Wildman–Crippen MR) is 72.0 cm³/mol. The number of hydrogen-bond donors (Lipinski definition) is 2. The van der Waals surface area contributed by atoms with Crippen molar-refractivity contribution in [2.45, 2.75) is 31.7 Å². The van der Waals surface area contributed by atoms with Crippen molar-refractivity contribution in [1.29, 1.82) is 5.26 Å². The number of rotatable bonds is 6. The van der Waals surface area contributed by atoms with Crippen molar-refractivity contribution in [2.24, 2.45) is 5.92 Å². The molecule has 0 heterocycles. The van der Waals surface area contributed by atoms with Gasteiger partial charge in [0.25, 0.3) is 5.91 Å². The summed E-state index contributed by atoms with van der Waals surface area (Å²) in [6.07, 6.45) is 2.87. The molecule has 0 aromatic heterocycles. The van der Waals surface area contributed by atoms with E-state index in [1.165, 1.54) is 0 Å². The lowest BCUT2D eigenvalue weighted by Gasteiger charge is -2.14. The Morgan fingerprint density at radius 3 is 2.50 bits per heavy atom. The van der Waals surface area contributed by atoms with Crippen molar-refractivity contribution in [3.63, 3.8) is 0 Å². The fourth-order valence-electron chi connectivity index (χ4n) is 2.02. The number of nitrogens with one attached hydrogen (secondary N) is 1. The van der Waals surface area contributed by atoms with Crippen LogP contribution in [0.2, 0.25) is 0 Å². The summed E-state index contributed by atoms with van der Waals surface area (Å²) in [5, 5.41) is 20.2. The van der Waals surface area contributed by atoms with Gasteiger partial charge in [-0.1, -0.05) is 25.0 Å². The van der Waals surface area contributed by atoms with E-state index >= 15 is 0 Å². The largest absolute Gasteiger partial charge is 0.480 e. The lowest BCUT2D eigenvalue weighted by molar-refractivity contribution is -0.139. The van der Waals surface area contributed by atoms with Gasteiger partial charge in [0.15, 0.2) is 0 Å². The quantitative estimate of drug-likeness (QED) is 0.825. The van der Waals surface area contributed by atoms with E-state index in [9.17, 15) is 9.59 Å². The molecule has 20 heavy (non-hydrogen) atoms. The van der Waals surface area contributed by atoms with Gasteiger partial charge in [-0.3, -0.25) is 4.79 Å². The minimum atomic E-state index is -0.994. The van der Waals surface area contributed by atoms with Crippen LogP contribution in [0.4, 0.5) is 0 Å². The Labute approximate surface area is 117 Å². The summed E-state index contributed by atoms with van der Waals surface area (Å²) in [5.74, 6) is -0.956. The van der Waals surface area contributed by atoms with Gasteiger partial charge in [-0.25, -0.2) is 4.79 Å². The molecule has 1 amide bonds. The molecule has 1 aromatic rings. The van der Waals surface area contributed by atoms with Crippen LogP contribution in [-0.4, -0.2) is 23.0 Å². The molecule has 2 N–H and O–H groups in total. The zero-order valence-corrected chi connectivity index (χ0v) is 11.0. The van der Waals surface area contributed by atoms with E-state index in [4.69, 9.17) is 10.4 Å². The standard InChI is InChI=1S/C15H16N2O3/c16-8-7-10-3-5-12(6-4-10)14(18)17-13(15(19)20)9-11-1-2-11/h3-6,11,13H,1-2,7,9H2,(H,17,18)(H,19,20). The average molecular weight is 272 g/mol. The topological polar surface area (TPSA) is 90.2 Å². The first-order valence-corrected chi connectivity index (χ1v) is 6.59. The number of carboxylic acid groups (broad SMARTS) is 1. The summed E-state index contributed by atoms with van der Waals surface area (Å²) >= 11 is 0. The number of benzene rings is 1. The SMILES string of the molecule is N#CCc1ccc(C(=O)NC(CC2CC2)C(=O)O)cc1. The van der Waals surface area contributed by atoms with E-state index in [1.54, 1.807) is 24.3 Å². The van der Waals surface area contributed by atoms with E-state index in [0.29, 0.717) is 24.3 Å². The van der Waals surface area contributed by atoms with E-state index in [2.05, 4.69) is 5.32 Å². The molecule has 1 aromatic carbocycles. The highest BCUT2D eigenvalue weighted by Crippen LogP contribution is 2.33. The number of carbonyl (C=O) groups excluding carboxylic acids is 1. The molecule has 0 radical (unpaired) electrons. The van der Waals surface area contributed by atoms with Gasteiger partial charge in [-0.2, -0.15) is 5.26 Å². The van der Waals surface area contributed by atoms with Gasteiger partial charge < -0.3 is 10.4 Å². The number of hydrogen-bond acceptors (Lipinski definition) is 3. The Hall–Kier alpha value is -2.35.